The SMILES string of the molecule is CC(=O)N1CCCSc2ccc(S(=O)(=O)NCCCN3CCN(c4ccccc4)CC3)cc21. The van der Waals surface area contributed by atoms with E-state index in [0.717, 1.165) is 56.2 Å². The number of carbonyl (C=O) groups excluding carboxylic acids is 1. The number of benzene rings is 2. The first-order chi connectivity index (χ1) is 15.9. The summed E-state index contributed by atoms with van der Waals surface area (Å²) in [5, 5.41) is 0. The summed E-state index contributed by atoms with van der Waals surface area (Å²) in [6.07, 6.45) is 1.64. The molecule has 1 saturated heterocycles. The van der Waals surface area contributed by atoms with Gasteiger partial charge in [0.15, 0.2) is 0 Å². The van der Waals surface area contributed by atoms with Crippen LogP contribution < -0.4 is 14.5 Å². The molecule has 4 rings (SSSR count). The van der Waals surface area contributed by atoms with E-state index in [1.807, 2.05) is 12.1 Å². The monoisotopic (exact) mass is 488 g/mol. The maximum absolute atomic E-state index is 12.9. The molecule has 33 heavy (non-hydrogen) atoms. The molecule has 0 aliphatic carbocycles. The van der Waals surface area contributed by atoms with Gasteiger partial charge in [0, 0.05) is 56.8 Å². The molecule has 0 bridgehead atoms. The summed E-state index contributed by atoms with van der Waals surface area (Å²) in [5.41, 5.74) is 1.96. The van der Waals surface area contributed by atoms with Gasteiger partial charge >= 0.3 is 0 Å². The van der Waals surface area contributed by atoms with Gasteiger partial charge in [-0.25, -0.2) is 13.1 Å². The molecule has 0 radical (unpaired) electrons. The first-order valence-corrected chi connectivity index (χ1v) is 14.0. The summed E-state index contributed by atoms with van der Waals surface area (Å²) in [4.78, 5) is 19.7. The molecule has 0 spiro atoms. The predicted octanol–water partition coefficient (Wildman–Crippen LogP) is 3.03. The van der Waals surface area contributed by atoms with Crippen molar-refractivity contribution in [3.8, 4) is 0 Å². The largest absolute Gasteiger partial charge is 0.369 e. The number of fused-ring (bicyclic) bond motifs is 1. The van der Waals surface area contributed by atoms with Crippen LogP contribution in [0.4, 0.5) is 11.4 Å². The van der Waals surface area contributed by atoms with E-state index < -0.39 is 10.0 Å². The zero-order valence-electron chi connectivity index (χ0n) is 19.1. The topological polar surface area (TPSA) is 73.0 Å². The van der Waals surface area contributed by atoms with E-state index in [1.165, 1.54) is 12.6 Å². The minimum absolute atomic E-state index is 0.0615. The fourth-order valence-corrected chi connectivity index (χ4v) is 6.38. The van der Waals surface area contributed by atoms with Gasteiger partial charge in [-0.05, 0) is 55.5 Å². The molecule has 2 aromatic carbocycles. The van der Waals surface area contributed by atoms with E-state index in [-0.39, 0.29) is 10.8 Å². The number of nitrogens with zero attached hydrogens (tertiary/aromatic N) is 3. The Hall–Kier alpha value is -2.07. The molecule has 1 amide bonds. The third-order valence-corrected chi connectivity index (χ3v) is 8.74. The van der Waals surface area contributed by atoms with Crippen LogP contribution in [-0.2, 0) is 14.8 Å². The Balaban J connectivity index is 1.28. The number of carbonyl (C=O) groups is 1. The van der Waals surface area contributed by atoms with Gasteiger partial charge in [0.05, 0.1) is 10.6 Å². The molecule has 0 aromatic heterocycles. The maximum Gasteiger partial charge on any atom is 0.240 e. The fourth-order valence-electron chi connectivity index (χ4n) is 4.31. The van der Waals surface area contributed by atoms with Crippen molar-refractivity contribution in [3.05, 3.63) is 48.5 Å². The summed E-state index contributed by atoms with van der Waals surface area (Å²) in [6.45, 7) is 7.32. The number of anilines is 2. The van der Waals surface area contributed by atoms with Gasteiger partial charge in [0.25, 0.3) is 0 Å². The smallest absolute Gasteiger partial charge is 0.240 e. The number of amides is 1. The lowest BCUT2D eigenvalue weighted by atomic mass is 10.2. The second-order valence-electron chi connectivity index (χ2n) is 8.42. The highest BCUT2D eigenvalue weighted by molar-refractivity contribution is 7.99. The number of piperazine rings is 1. The average molecular weight is 489 g/mol. The van der Waals surface area contributed by atoms with Gasteiger partial charge in [-0.3, -0.25) is 9.69 Å². The summed E-state index contributed by atoms with van der Waals surface area (Å²) in [7, 11) is -3.63. The Morgan fingerprint density at radius 3 is 2.52 bits per heavy atom. The summed E-state index contributed by atoms with van der Waals surface area (Å²) in [5.74, 6) is 0.856. The lowest BCUT2D eigenvalue weighted by molar-refractivity contribution is -0.116. The van der Waals surface area contributed by atoms with Crippen molar-refractivity contribution in [3.63, 3.8) is 0 Å². The molecule has 7 nitrogen and oxygen atoms in total. The summed E-state index contributed by atoms with van der Waals surface area (Å²) in [6, 6.07) is 15.5. The van der Waals surface area contributed by atoms with E-state index in [2.05, 4.69) is 38.8 Å². The van der Waals surface area contributed by atoms with E-state index in [9.17, 15) is 13.2 Å². The van der Waals surface area contributed by atoms with Gasteiger partial charge < -0.3 is 9.80 Å². The highest BCUT2D eigenvalue weighted by Gasteiger charge is 2.23. The highest BCUT2D eigenvalue weighted by Crippen LogP contribution is 2.35. The number of para-hydroxylation sites is 1. The van der Waals surface area contributed by atoms with Gasteiger partial charge in [-0.15, -0.1) is 11.8 Å². The lowest BCUT2D eigenvalue weighted by Crippen LogP contribution is -2.47. The standard InChI is InChI=1S/C24H32N4O3S2/c1-20(29)28-13-6-18-32-24-10-9-22(19-23(24)28)33(30,31)25-11-5-12-26-14-16-27(17-15-26)21-7-3-2-4-8-21/h2-4,7-10,19,25H,5-6,11-18H2,1H3. The van der Waals surface area contributed by atoms with Crippen LogP contribution >= 0.6 is 11.8 Å². The van der Waals surface area contributed by atoms with Crippen molar-refractivity contribution in [2.24, 2.45) is 0 Å². The lowest BCUT2D eigenvalue weighted by Gasteiger charge is -2.36. The zero-order chi connectivity index (χ0) is 23.3. The number of nitrogens with one attached hydrogen (secondary N) is 1. The third kappa shape index (κ3) is 6.09. The number of hydrogen-bond donors (Lipinski definition) is 1. The fraction of sp³-hybridized carbons (Fsp3) is 0.458. The van der Waals surface area contributed by atoms with Crippen LogP contribution in [0.5, 0.6) is 0 Å². The Kier molecular flexibility index (Phi) is 7.95. The molecule has 0 atom stereocenters. The van der Waals surface area contributed by atoms with E-state index in [4.69, 9.17) is 0 Å². The second-order valence-corrected chi connectivity index (χ2v) is 11.3. The van der Waals surface area contributed by atoms with E-state index >= 15 is 0 Å². The predicted molar refractivity (Wildman–Crippen MR) is 135 cm³/mol. The van der Waals surface area contributed by atoms with Crippen LogP contribution in [0.2, 0.25) is 0 Å². The number of thioether (sulfide) groups is 1. The minimum Gasteiger partial charge on any atom is -0.369 e. The van der Waals surface area contributed by atoms with Gasteiger partial charge in [-0.1, -0.05) is 18.2 Å². The number of rotatable bonds is 7. The first-order valence-electron chi connectivity index (χ1n) is 11.5. The Morgan fingerprint density at radius 1 is 1.03 bits per heavy atom. The van der Waals surface area contributed by atoms with Crippen molar-refractivity contribution in [1.29, 1.82) is 0 Å². The van der Waals surface area contributed by atoms with Crippen LogP contribution in [0.15, 0.2) is 58.3 Å². The minimum atomic E-state index is -3.63. The van der Waals surface area contributed by atoms with Gasteiger partial charge in [-0.2, -0.15) is 0 Å². The summed E-state index contributed by atoms with van der Waals surface area (Å²) >= 11 is 1.67. The highest BCUT2D eigenvalue weighted by atomic mass is 32.2. The van der Waals surface area contributed by atoms with Crippen molar-refractivity contribution in [1.82, 2.24) is 9.62 Å². The molecule has 9 heteroatoms. The molecule has 0 unspecified atom stereocenters. The normalized spacial score (nSPS) is 17.5. The van der Waals surface area contributed by atoms with Crippen LogP contribution in [-0.4, -0.2) is 70.8 Å². The number of hydrogen-bond acceptors (Lipinski definition) is 6. The maximum atomic E-state index is 12.9. The molecule has 1 N–H and O–H groups in total. The van der Waals surface area contributed by atoms with Crippen LogP contribution in [0.1, 0.15) is 19.8 Å². The Morgan fingerprint density at radius 2 is 1.79 bits per heavy atom. The van der Waals surface area contributed by atoms with Crippen LogP contribution in [0.25, 0.3) is 0 Å². The van der Waals surface area contributed by atoms with E-state index in [0.29, 0.717) is 18.8 Å². The van der Waals surface area contributed by atoms with Crippen molar-refractivity contribution in [2.75, 3.05) is 61.4 Å². The molecular weight excluding hydrogens is 456 g/mol. The van der Waals surface area contributed by atoms with Crippen LogP contribution in [0.3, 0.4) is 0 Å². The Labute approximate surface area is 201 Å². The van der Waals surface area contributed by atoms with Gasteiger partial charge in [0.2, 0.25) is 15.9 Å². The van der Waals surface area contributed by atoms with Crippen LogP contribution in [0, 0.1) is 0 Å². The molecule has 178 valence electrons. The quantitative estimate of drug-likeness (QED) is 0.604. The Bertz CT molecular complexity index is 1050. The molecule has 1 fully saturated rings. The summed E-state index contributed by atoms with van der Waals surface area (Å²) < 4.78 is 28.5. The molecule has 0 saturated carbocycles. The third-order valence-electron chi connectivity index (χ3n) is 6.13. The van der Waals surface area contributed by atoms with Crippen molar-refractivity contribution in [2.45, 2.75) is 29.6 Å². The molecule has 2 heterocycles. The molecular formula is C24H32N4O3S2. The molecule has 2 aromatic rings. The van der Waals surface area contributed by atoms with Crippen molar-refractivity contribution >= 4 is 39.1 Å². The van der Waals surface area contributed by atoms with Gasteiger partial charge in [0.1, 0.15) is 0 Å². The first kappa shape index (κ1) is 24.1. The molecule has 2 aliphatic heterocycles. The van der Waals surface area contributed by atoms with E-state index in [1.54, 1.807) is 28.8 Å². The molecule has 2 aliphatic rings. The number of sulfonamides is 1. The van der Waals surface area contributed by atoms with Crippen molar-refractivity contribution < 1.29 is 13.2 Å². The second kappa shape index (κ2) is 10.9. The zero-order valence-corrected chi connectivity index (χ0v) is 20.7. The average Bonchev–Trinajstić information content (AvgIpc) is 3.05.